The number of rotatable bonds is 7. The Kier molecular flexibility index (Phi) is 7.03. The molecule has 0 radical (unpaired) electrons. The SMILES string of the molecule is CC1(C)OB(c2ccc(CCCCC3=CCC(B4OC(C)(C)C(C)(C)O4)C=C3)cc2)OC1(C)C. The van der Waals surface area contributed by atoms with Crippen molar-refractivity contribution in [1.82, 2.24) is 0 Å². The molecule has 0 bridgehead atoms. The van der Waals surface area contributed by atoms with Gasteiger partial charge in [0, 0.05) is 5.82 Å². The summed E-state index contributed by atoms with van der Waals surface area (Å²) in [7, 11) is -0.440. The van der Waals surface area contributed by atoms with Crippen LogP contribution in [0.5, 0.6) is 0 Å². The maximum Gasteiger partial charge on any atom is 0.494 e. The summed E-state index contributed by atoms with van der Waals surface area (Å²) < 4.78 is 24.8. The topological polar surface area (TPSA) is 36.9 Å². The molecule has 1 aromatic carbocycles. The summed E-state index contributed by atoms with van der Waals surface area (Å²) in [5.41, 5.74) is 2.76. The van der Waals surface area contributed by atoms with E-state index in [0.717, 1.165) is 24.7 Å². The Labute approximate surface area is 207 Å². The molecule has 0 spiro atoms. The van der Waals surface area contributed by atoms with Crippen molar-refractivity contribution in [2.75, 3.05) is 0 Å². The molecule has 1 atom stereocenters. The first kappa shape index (κ1) is 25.8. The van der Waals surface area contributed by atoms with Crippen molar-refractivity contribution >= 4 is 19.7 Å². The number of allylic oxidation sites excluding steroid dienone is 4. The van der Waals surface area contributed by atoms with Gasteiger partial charge in [-0.2, -0.15) is 0 Å². The summed E-state index contributed by atoms with van der Waals surface area (Å²) in [6.07, 6.45) is 12.5. The standard InChI is InChI=1S/C28H42B2O4/c1-25(2)26(3,4)32-29(31-25)23-17-13-21(14-18-23)11-9-10-12-22-15-19-24(20-16-22)30-33-27(5,6)28(7,8)34-30/h13-19,24H,9-12,20H2,1-8H3. The molecule has 4 rings (SSSR count). The van der Waals surface area contributed by atoms with Gasteiger partial charge in [0.05, 0.1) is 22.4 Å². The van der Waals surface area contributed by atoms with Gasteiger partial charge in [0.25, 0.3) is 0 Å². The molecule has 0 saturated carbocycles. The van der Waals surface area contributed by atoms with E-state index in [1.807, 2.05) is 0 Å². The minimum atomic E-state index is -0.303. The third-order valence-electron chi connectivity index (χ3n) is 8.52. The fraction of sp³-hybridized carbons (Fsp3) is 0.643. The molecule has 2 heterocycles. The highest BCUT2D eigenvalue weighted by molar-refractivity contribution is 6.62. The Balaban J connectivity index is 1.19. The van der Waals surface area contributed by atoms with Crippen LogP contribution in [0.25, 0.3) is 0 Å². The van der Waals surface area contributed by atoms with Crippen molar-refractivity contribution in [3.05, 3.63) is 53.6 Å². The molecule has 184 valence electrons. The lowest BCUT2D eigenvalue weighted by Gasteiger charge is -2.32. The third-order valence-corrected chi connectivity index (χ3v) is 8.52. The molecular formula is C28H42B2O4. The van der Waals surface area contributed by atoms with E-state index < -0.39 is 0 Å². The van der Waals surface area contributed by atoms with E-state index >= 15 is 0 Å². The van der Waals surface area contributed by atoms with Gasteiger partial charge in [0.2, 0.25) is 0 Å². The van der Waals surface area contributed by atoms with E-state index in [1.165, 1.54) is 24.0 Å². The van der Waals surface area contributed by atoms with Gasteiger partial charge in [-0.3, -0.25) is 0 Å². The lowest BCUT2D eigenvalue weighted by Crippen LogP contribution is -2.41. The molecule has 34 heavy (non-hydrogen) atoms. The van der Waals surface area contributed by atoms with Crippen LogP contribution in [0, 0.1) is 0 Å². The van der Waals surface area contributed by atoms with Crippen LogP contribution in [0.2, 0.25) is 5.82 Å². The van der Waals surface area contributed by atoms with Crippen molar-refractivity contribution in [1.29, 1.82) is 0 Å². The molecular weight excluding hydrogens is 422 g/mol. The quantitative estimate of drug-likeness (QED) is 0.364. The maximum atomic E-state index is 6.23. The normalized spacial score (nSPS) is 26.7. The van der Waals surface area contributed by atoms with Crippen LogP contribution < -0.4 is 5.46 Å². The van der Waals surface area contributed by atoms with E-state index in [-0.39, 0.29) is 36.6 Å². The molecule has 0 aromatic heterocycles. The Morgan fingerprint density at radius 2 is 1.26 bits per heavy atom. The number of benzene rings is 1. The molecule has 0 amide bonds. The van der Waals surface area contributed by atoms with E-state index in [9.17, 15) is 0 Å². The molecule has 2 saturated heterocycles. The summed E-state index contributed by atoms with van der Waals surface area (Å²) in [4.78, 5) is 0. The lowest BCUT2D eigenvalue weighted by atomic mass is 9.68. The summed E-state index contributed by atoms with van der Waals surface area (Å²) in [6, 6.07) is 8.74. The van der Waals surface area contributed by atoms with Crippen LogP contribution in [0.4, 0.5) is 0 Å². The molecule has 2 aliphatic heterocycles. The van der Waals surface area contributed by atoms with Gasteiger partial charge in [-0.25, -0.2) is 0 Å². The highest BCUT2D eigenvalue weighted by Crippen LogP contribution is 2.42. The zero-order valence-corrected chi connectivity index (χ0v) is 22.4. The van der Waals surface area contributed by atoms with Crippen molar-refractivity contribution in [2.24, 2.45) is 0 Å². The van der Waals surface area contributed by atoms with Gasteiger partial charge in [0.1, 0.15) is 0 Å². The predicted octanol–water partition coefficient (Wildman–Crippen LogP) is 6.05. The van der Waals surface area contributed by atoms with Crippen LogP contribution in [0.1, 0.15) is 86.6 Å². The van der Waals surface area contributed by atoms with Crippen LogP contribution in [0.15, 0.2) is 48.1 Å². The summed E-state index contributed by atoms with van der Waals surface area (Å²) in [5.74, 6) is 0.298. The largest absolute Gasteiger partial charge is 0.494 e. The molecule has 0 N–H and O–H groups in total. The zero-order valence-electron chi connectivity index (χ0n) is 22.4. The van der Waals surface area contributed by atoms with Crippen molar-refractivity contribution < 1.29 is 18.6 Å². The molecule has 4 nitrogen and oxygen atoms in total. The second-order valence-electron chi connectivity index (χ2n) is 12.2. The predicted molar refractivity (Wildman–Crippen MR) is 141 cm³/mol. The minimum absolute atomic E-state index is 0.154. The fourth-order valence-electron chi connectivity index (χ4n) is 4.61. The molecule has 6 heteroatoms. The van der Waals surface area contributed by atoms with Crippen LogP contribution in [-0.2, 0) is 25.0 Å². The number of aryl methyl sites for hydroxylation is 1. The van der Waals surface area contributed by atoms with Crippen LogP contribution >= 0.6 is 0 Å². The van der Waals surface area contributed by atoms with Crippen LogP contribution in [-0.4, -0.2) is 36.6 Å². The first-order valence-corrected chi connectivity index (χ1v) is 13.0. The van der Waals surface area contributed by atoms with E-state index in [4.69, 9.17) is 18.6 Å². The lowest BCUT2D eigenvalue weighted by molar-refractivity contribution is 0.00578. The highest BCUT2D eigenvalue weighted by Gasteiger charge is 2.53. The van der Waals surface area contributed by atoms with Gasteiger partial charge in [0.15, 0.2) is 0 Å². The Morgan fingerprint density at radius 1 is 0.735 bits per heavy atom. The second-order valence-corrected chi connectivity index (χ2v) is 12.2. The van der Waals surface area contributed by atoms with Crippen molar-refractivity contribution in [3.8, 4) is 0 Å². The Hall–Kier alpha value is -1.33. The van der Waals surface area contributed by atoms with E-state index in [2.05, 4.69) is 97.9 Å². The summed E-state index contributed by atoms with van der Waals surface area (Å²) in [6.45, 7) is 16.8. The van der Waals surface area contributed by atoms with Gasteiger partial charge >= 0.3 is 14.2 Å². The van der Waals surface area contributed by atoms with Gasteiger partial charge < -0.3 is 18.6 Å². The monoisotopic (exact) mass is 464 g/mol. The number of hydrogen-bond acceptors (Lipinski definition) is 4. The molecule has 1 unspecified atom stereocenters. The Bertz CT molecular complexity index is 898. The van der Waals surface area contributed by atoms with E-state index in [0.29, 0.717) is 5.82 Å². The molecule has 1 aromatic rings. The first-order chi connectivity index (χ1) is 15.8. The van der Waals surface area contributed by atoms with Crippen molar-refractivity contribution in [3.63, 3.8) is 0 Å². The average Bonchev–Trinajstić information content (AvgIpc) is 3.11. The van der Waals surface area contributed by atoms with Gasteiger partial charge in [-0.05, 0) is 98.5 Å². The third kappa shape index (κ3) is 5.26. The molecule has 2 fully saturated rings. The van der Waals surface area contributed by atoms with Gasteiger partial charge in [-0.1, -0.05) is 48.1 Å². The fourth-order valence-corrected chi connectivity index (χ4v) is 4.61. The minimum Gasteiger partial charge on any atom is -0.403 e. The van der Waals surface area contributed by atoms with Crippen molar-refractivity contribution in [2.45, 2.75) is 116 Å². The summed E-state index contributed by atoms with van der Waals surface area (Å²) in [5, 5.41) is 0. The van der Waals surface area contributed by atoms with Crippen LogP contribution in [0.3, 0.4) is 0 Å². The zero-order chi connectivity index (χ0) is 24.8. The number of hydrogen-bond donors (Lipinski definition) is 0. The highest BCUT2D eigenvalue weighted by atomic mass is 16.7. The first-order valence-electron chi connectivity index (χ1n) is 13.0. The average molecular weight is 464 g/mol. The number of unbranched alkanes of at least 4 members (excludes halogenated alkanes) is 1. The molecule has 3 aliphatic rings. The van der Waals surface area contributed by atoms with Gasteiger partial charge in [-0.15, -0.1) is 0 Å². The maximum absolute atomic E-state index is 6.23. The smallest absolute Gasteiger partial charge is 0.403 e. The van der Waals surface area contributed by atoms with E-state index in [1.54, 1.807) is 0 Å². The second kappa shape index (κ2) is 9.28. The molecule has 1 aliphatic carbocycles. The summed E-state index contributed by atoms with van der Waals surface area (Å²) >= 11 is 0. The Morgan fingerprint density at radius 3 is 1.79 bits per heavy atom.